The maximum Gasteiger partial charge on any atom is 0.311 e. The van der Waals surface area contributed by atoms with Crippen molar-refractivity contribution in [1.82, 2.24) is 9.80 Å². The van der Waals surface area contributed by atoms with E-state index in [-0.39, 0.29) is 11.9 Å². The van der Waals surface area contributed by atoms with Crippen molar-refractivity contribution in [2.75, 3.05) is 40.3 Å². The van der Waals surface area contributed by atoms with Crippen LogP contribution in [0.1, 0.15) is 5.56 Å². The Labute approximate surface area is 115 Å². The summed E-state index contributed by atoms with van der Waals surface area (Å²) < 4.78 is 4.90. The molecule has 1 aromatic carbocycles. The molecule has 1 atom stereocenters. The molecule has 0 radical (unpaired) electrons. The van der Waals surface area contributed by atoms with Gasteiger partial charge in [-0.1, -0.05) is 30.3 Å². The maximum absolute atomic E-state index is 11.8. The van der Waals surface area contributed by atoms with Crippen LogP contribution in [0.2, 0.25) is 0 Å². The van der Waals surface area contributed by atoms with Crippen LogP contribution >= 0.6 is 0 Å². The lowest BCUT2D eigenvalue weighted by Crippen LogP contribution is -2.34. The maximum atomic E-state index is 11.8. The lowest BCUT2D eigenvalue weighted by atomic mass is 10.1. The molecule has 1 saturated heterocycles. The Kier molecular flexibility index (Phi) is 4.93. The number of hydrogen-bond donors (Lipinski definition) is 0. The second kappa shape index (κ2) is 6.68. The molecular weight excluding hydrogens is 240 g/mol. The van der Waals surface area contributed by atoms with Crippen molar-refractivity contribution < 1.29 is 9.53 Å². The van der Waals surface area contributed by atoms with Gasteiger partial charge >= 0.3 is 5.97 Å². The Hall–Kier alpha value is -1.39. The second-order valence-electron chi connectivity index (χ2n) is 5.20. The summed E-state index contributed by atoms with van der Waals surface area (Å²) in [5.74, 6) is -0.159. The highest BCUT2D eigenvalue weighted by Crippen LogP contribution is 2.13. The van der Waals surface area contributed by atoms with E-state index in [0.29, 0.717) is 0 Å². The average Bonchev–Trinajstić information content (AvgIpc) is 2.61. The minimum Gasteiger partial charge on any atom is -0.469 e. The average molecular weight is 262 g/mol. The number of rotatable bonds is 3. The van der Waals surface area contributed by atoms with Crippen LogP contribution in [0.15, 0.2) is 30.3 Å². The summed E-state index contributed by atoms with van der Waals surface area (Å²) in [6.45, 7) is 4.41. The van der Waals surface area contributed by atoms with E-state index in [1.165, 1.54) is 12.7 Å². The van der Waals surface area contributed by atoms with Crippen molar-refractivity contribution in [1.29, 1.82) is 0 Å². The fourth-order valence-corrected chi connectivity index (χ4v) is 2.54. The van der Waals surface area contributed by atoms with Crippen LogP contribution in [-0.2, 0) is 16.1 Å². The largest absolute Gasteiger partial charge is 0.469 e. The quantitative estimate of drug-likeness (QED) is 0.767. The van der Waals surface area contributed by atoms with Crippen molar-refractivity contribution in [3.8, 4) is 0 Å². The van der Waals surface area contributed by atoms with Crippen molar-refractivity contribution in [3.63, 3.8) is 0 Å². The van der Waals surface area contributed by atoms with Gasteiger partial charge in [0.25, 0.3) is 0 Å². The number of hydrogen-bond acceptors (Lipinski definition) is 4. The summed E-state index contributed by atoms with van der Waals surface area (Å²) in [6.07, 6.45) is 0. The molecule has 19 heavy (non-hydrogen) atoms. The monoisotopic (exact) mass is 262 g/mol. The van der Waals surface area contributed by atoms with E-state index in [1.807, 2.05) is 6.07 Å². The Morgan fingerprint density at radius 1 is 1.26 bits per heavy atom. The van der Waals surface area contributed by atoms with Crippen LogP contribution in [0.5, 0.6) is 0 Å². The highest BCUT2D eigenvalue weighted by atomic mass is 16.5. The predicted octanol–water partition coefficient (Wildman–Crippen LogP) is 1.22. The molecule has 1 unspecified atom stereocenters. The minimum atomic E-state index is -0.105. The van der Waals surface area contributed by atoms with Gasteiger partial charge in [-0.3, -0.25) is 9.69 Å². The first-order valence-electron chi connectivity index (χ1n) is 6.71. The number of likely N-dealkylation sites (N-methyl/N-ethyl adjacent to an activating group) is 1. The third-order valence-corrected chi connectivity index (χ3v) is 3.59. The second-order valence-corrected chi connectivity index (χ2v) is 5.20. The molecular formula is C15H22N2O2. The lowest BCUT2D eigenvalue weighted by Gasteiger charge is -2.22. The topological polar surface area (TPSA) is 32.8 Å². The predicted molar refractivity (Wildman–Crippen MR) is 74.7 cm³/mol. The number of nitrogens with zero attached hydrogens (tertiary/aromatic N) is 2. The Bertz CT molecular complexity index is 408. The molecule has 1 aliphatic heterocycles. The summed E-state index contributed by atoms with van der Waals surface area (Å²) >= 11 is 0. The number of carbonyl (C=O) groups excluding carboxylic acids is 1. The van der Waals surface area contributed by atoms with Gasteiger partial charge in [-0.25, -0.2) is 0 Å². The van der Waals surface area contributed by atoms with E-state index in [4.69, 9.17) is 4.74 Å². The fourth-order valence-electron chi connectivity index (χ4n) is 2.54. The van der Waals surface area contributed by atoms with Crippen LogP contribution in [-0.4, -0.2) is 56.1 Å². The summed E-state index contributed by atoms with van der Waals surface area (Å²) in [5, 5.41) is 0. The molecule has 4 heteroatoms. The van der Waals surface area contributed by atoms with Crippen LogP contribution in [0.4, 0.5) is 0 Å². The molecule has 0 amide bonds. The molecule has 0 aromatic heterocycles. The van der Waals surface area contributed by atoms with Crippen molar-refractivity contribution in [2.45, 2.75) is 6.54 Å². The number of methoxy groups -OCH3 is 1. The summed E-state index contributed by atoms with van der Waals surface area (Å²) in [4.78, 5) is 16.3. The molecule has 0 spiro atoms. The number of benzene rings is 1. The van der Waals surface area contributed by atoms with Gasteiger partial charge in [-0.2, -0.15) is 0 Å². The third-order valence-electron chi connectivity index (χ3n) is 3.59. The van der Waals surface area contributed by atoms with Gasteiger partial charge in [0.2, 0.25) is 0 Å². The molecule has 0 saturated carbocycles. The molecule has 0 N–H and O–H groups in total. The molecule has 2 rings (SSSR count). The molecule has 4 nitrogen and oxygen atoms in total. The molecule has 1 heterocycles. The molecule has 0 aliphatic carbocycles. The van der Waals surface area contributed by atoms with Crippen LogP contribution < -0.4 is 0 Å². The molecule has 1 fully saturated rings. The standard InChI is InChI=1S/C15H22N2O2/c1-16-8-9-17(10-13-6-4-3-5-7-13)12-14(11-16)15(18)19-2/h3-7,14H,8-12H2,1-2H3. The zero-order valence-electron chi connectivity index (χ0n) is 11.7. The van der Waals surface area contributed by atoms with Gasteiger partial charge in [0, 0.05) is 32.7 Å². The normalized spacial score (nSPS) is 21.9. The van der Waals surface area contributed by atoms with E-state index >= 15 is 0 Å². The van der Waals surface area contributed by atoms with Crippen molar-refractivity contribution in [2.24, 2.45) is 5.92 Å². The zero-order chi connectivity index (χ0) is 13.7. The van der Waals surface area contributed by atoms with Crippen LogP contribution in [0.3, 0.4) is 0 Å². The number of carbonyl (C=O) groups is 1. The van der Waals surface area contributed by atoms with Gasteiger partial charge in [0.1, 0.15) is 0 Å². The first-order valence-corrected chi connectivity index (χ1v) is 6.71. The SMILES string of the molecule is COC(=O)C1CN(C)CCN(Cc2ccccc2)C1. The van der Waals surface area contributed by atoms with Crippen LogP contribution in [0, 0.1) is 5.92 Å². The first-order chi connectivity index (χ1) is 9.19. The van der Waals surface area contributed by atoms with Gasteiger partial charge in [-0.15, -0.1) is 0 Å². The smallest absolute Gasteiger partial charge is 0.311 e. The van der Waals surface area contributed by atoms with E-state index in [0.717, 1.165) is 32.7 Å². The van der Waals surface area contributed by atoms with Gasteiger partial charge < -0.3 is 9.64 Å². The van der Waals surface area contributed by atoms with Gasteiger partial charge in [-0.05, 0) is 12.6 Å². The van der Waals surface area contributed by atoms with E-state index in [9.17, 15) is 4.79 Å². The van der Waals surface area contributed by atoms with Crippen LogP contribution in [0.25, 0.3) is 0 Å². The Balaban J connectivity index is 2.02. The van der Waals surface area contributed by atoms with Crippen molar-refractivity contribution in [3.05, 3.63) is 35.9 Å². The summed E-state index contributed by atoms with van der Waals surface area (Å²) in [7, 11) is 3.52. The third kappa shape index (κ3) is 4.04. The highest BCUT2D eigenvalue weighted by Gasteiger charge is 2.27. The van der Waals surface area contributed by atoms with Gasteiger partial charge in [0.05, 0.1) is 13.0 Å². The Morgan fingerprint density at radius 3 is 2.68 bits per heavy atom. The number of ether oxygens (including phenoxy) is 1. The Morgan fingerprint density at radius 2 is 2.00 bits per heavy atom. The first kappa shape index (κ1) is 14.0. The fraction of sp³-hybridized carbons (Fsp3) is 0.533. The summed E-state index contributed by atoms with van der Waals surface area (Å²) in [5.41, 5.74) is 1.29. The number of esters is 1. The molecule has 0 bridgehead atoms. The minimum absolute atomic E-state index is 0.0544. The molecule has 1 aromatic rings. The zero-order valence-corrected chi connectivity index (χ0v) is 11.7. The van der Waals surface area contributed by atoms with E-state index in [2.05, 4.69) is 41.1 Å². The molecule has 1 aliphatic rings. The highest BCUT2D eigenvalue weighted by molar-refractivity contribution is 5.72. The van der Waals surface area contributed by atoms with Crippen molar-refractivity contribution >= 4 is 5.97 Å². The van der Waals surface area contributed by atoms with Gasteiger partial charge in [0.15, 0.2) is 0 Å². The molecule has 104 valence electrons. The van der Waals surface area contributed by atoms with E-state index < -0.39 is 0 Å². The summed E-state index contributed by atoms with van der Waals surface area (Å²) in [6, 6.07) is 10.4. The lowest BCUT2D eigenvalue weighted by molar-refractivity contribution is -0.146. The van der Waals surface area contributed by atoms with E-state index in [1.54, 1.807) is 0 Å².